The molecule has 7 nitrogen and oxygen atoms in total. The van der Waals surface area contributed by atoms with E-state index in [2.05, 4.69) is 0 Å². The number of nitrogens with zero attached hydrogens (tertiary/aromatic N) is 3. The number of benzene rings is 3. The van der Waals surface area contributed by atoms with Gasteiger partial charge in [-0.05, 0) is 62.4 Å². The molecule has 0 unspecified atom stereocenters. The summed E-state index contributed by atoms with van der Waals surface area (Å²) in [5.41, 5.74) is 6.75. The number of rotatable bonds is 4. The predicted octanol–water partition coefficient (Wildman–Crippen LogP) is 5.18. The van der Waals surface area contributed by atoms with E-state index in [1.165, 1.54) is 30.3 Å². The number of hydrogen-bond donors (Lipinski definition) is 3. The lowest BCUT2D eigenvalue weighted by molar-refractivity contribution is 0.0697. The summed E-state index contributed by atoms with van der Waals surface area (Å²) in [5.74, 6) is -2.47. The number of carboxylic acids is 1. The van der Waals surface area contributed by atoms with Gasteiger partial charge in [0.2, 0.25) is 0 Å². The van der Waals surface area contributed by atoms with Crippen molar-refractivity contribution in [3.8, 4) is 6.07 Å². The lowest BCUT2D eigenvalue weighted by Crippen LogP contribution is -2.53. The average Bonchev–Trinajstić information content (AvgIpc) is 2.81. The normalized spacial score (nSPS) is 14.3. The molecule has 0 bridgehead atoms. The van der Waals surface area contributed by atoms with Crippen LogP contribution in [0.4, 0.5) is 37.2 Å². The van der Waals surface area contributed by atoms with Crippen LogP contribution in [0.25, 0.3) is 0 Å². The number of nitrogens with one attached hydrogen (secondary N) is 1. The van der Waals surface area contributed by atoms with E-state index >= 15 is 4.39 Å². The van der Waals surface area contributed by atoms with Crippen LogP contribution >= 0.6 is 0 Å². The Balaban J connectivity index is 1.99. The lowest BCUT2D eigenvalue weighted by atomic mass is 9.92. The summed E-state index contributed by atoms with van der Waals surface area (Å²) in [6.07, 6.45) is 0.954. The Morgan fingerprint density at radius 3 is 2.41 bits per heavy atom. The average molecular weight is 461 g/mol. The van der Waals surface area contributed by atoms with Gasteiger partial charge in [-0.1, -0.05) is 0 Å². The largest absolute Gasteiger partial charge is 0.478 e. The fourth-order valence-electron chi connectivity index (χ4n) is 4.30. The molecule has 9 heteroatoms. The molecule has 0 spiro atoms. The highest BCUT2D eigenvalue weighted by Crippen LogP contribution is 2.50. The Kier molecular flexibility index (Phi) is 5.45. The minimum absolute atomic E-state index is 0.0938. The predicted molar refractivity (Wildman–Crippen MR) is 126 cm³/mol. The van der Waals surface area contributed by atoms with E-state index in [9.17, 15) is 19.6 Å². The molecule has 1 aliphatic heterocycles. The molecule has 0 atom stereocenters. The van der Waals surface area contributed by atoms with Gasteiger partial charge in [0, 0.05) is 29.7 Å². The zero-order valence-corrected chi connectivity index (χ0v) is 18.4. The van der Waals surface area contributed by atoms with E-state index in [0.717, 1.165) is 6.21 Å². The molecule has 0 aliphatic carbocycles. The lowest BCUT2D eigenvalue weighted by Gasteiger charge is -2.50. The second kappa shape index (κ2) is 8.15. The SMILES string of the molecule is CC1(C)CN(c2ccc(C(=O)O)cc2)c2c(cc(C=N)c(N)c2F)N1c1ccc(F)c(C#N)c1. The number of hydrogen-bond acceptors (Lipinski definition) is 6. The fourth-order valence-corrected chi connectivity index (χ4v) is 4.30. The second-order valence-electron chi connectivity index (χ2n) is 8.57. The number of nitriles is 1. The number of nitrogen functional groups attached to an aromatic ring is 1. The van der Waals surface area contributed by atoms with Crippen molar-refractivity contribution in [2.45, 2.75) is 19.4 Å². The van der Waals surface area contributed by atoms with E-state index in [4.69, 9.17) is 11.1 Å². The van der Waals surface area contributed by atoms with Gasteiger partial charge in [-0.25, -0.2) is 13.6 Å². The van der Waals surface area contributed by atoms with Gasteiger partial charge in [0.1, 0.15) is 17.6 Å². The Labute approximate surface area is 194 Å². The molecule has 3 aromatic carbocycles. The first-order valence-electron chi connectivity index (χ1n) is 10.3. The third-order valence-electron chi connectivity index (χ3n) is 5.86. The van der Waals surface area contributed by atoms with Crippen LogP contribution in [0.3, 0.4) is 0 Å². The van der Waals surface area contributed by atoms with Gasteiger partial charge in [0.25, 0.3) is 0 Å². The summed E-state index contributed by atoms with van der Waals surface area (Å²) in [6, 6.07) is 13.5. The first kappa shape index (κ1) is 22.7. The quantitative estimate of drug-likeness (QED) is 0.364. The molecule has 3 aromatic rings. The smallest absolute Gasteiger partial charge is 0.335 e. The van der Waals surface area contributed by atoms with Gasteiger partial charge in [-0.15, -0.1) is 0 Å². The third-order valence-corrected chi connectivity index (χ3v) is 5.86. The van der Waals surface area contributed by atoms with Crippen molar-refractivity contribution in [3.05, 3.63) is 76.9 Å². The van der Waals surface area contributed by atoms with Crippen molar-refractivity contribution in [1.82, 2.24) is 0 Å². The number of fused-ring (bicyclic) bond motifs is 1. The van der Waals surface area contributed by atoms with Crippen LogP contribution < -0.4 is 15.5 Å². The molecule has 0 fully saturated rings. The van der Waals surface area contributed by atoms with Gasteiger partial charge in [-0.3, -0.25) is 0 Å². The van der Waals surface area contributed by atoms with Gasteiger partial charge in [-0.2, -0.15) is 5.26 Å². The number of carbonyl (C=O) groups is 1. The van der Waals surface area contributed by atoms with Crippen molar-refractivity contribution in [3.63, 3.8) is 0 Å². The Morgan fingerprint density at radius 2 is 1.82 bits per heavy atom. The number of halogens is 2. The molecular weight excluding hydrogens is 440 g/mol. The zero-order valence-electron chi connectivity index (χ0n) is 18.4. The van der Waals surface area contributed by atoms with Crippen molar-refractivity contribution in [2.75, 3.05) is 22.1 Å². The summed E-state index contributed by atoms with van der Waals surface area (Å²) in [5, 5.41) is 26.2. The molecule has 1 aliphatic rings. The Hall–Kier alpha value is -4.45. The van der Waals surface area contributed by atoms with Crippen LogP contribution in [0.2, 0.25) is 0 Å². The topological polar surface area (TPSA) is 117 Å². The third kappa shape index (κ3) is 3.59. The second-order valence-corrected chi connectivity index (χ2v) is 8.57. The molecule has 0 amide bonds. The standard InChI is InChI=1S/C25H21F2N5O2/c1-25(2)13-31(17-5-3-14(4-6-17)24(33)34)23-20(10-16(12-29)22(30)21(23)27)32(25)18-7-8-19(26)15(9-18)11-28/h3-10,12,29H,13,30H2,1-2H3,(H,33,34). The van der Waals surface area contributed by atoms with E-state index in [-0.39, 0.29) is 34.6 Å². The summed E-state index contributed by atoms with van der Waals surface area (Å²) in [4.78, 5) is 14.8. The first-order valence-corrected chi connectivity index (χ1v) is 10.3. The van der Waals surface area contributed by atoms with Crippen LogP contribution in [0.5, 0.6) is 0 Å². The summed E-state index contributed by atoms with van der Waals surface area (Å²) >= 11 is 0. The van der Waals surface area contributed by atoms with Crippen molar-refractivity contribution in [2.24, 2.45) is 0 Å². The Bertz CT molecular complexity index is 1360. The maximum Gasteiger partial charge on any atom is 0.335 e. The van der Waals surface area contributed by atoms with Crippen LogP contribution in [0, 0.1) is 28.4 Å². The molecule has 0 saturated heterocycles. The minimum Gasteiger partial charge on any atom is -0.478 e. The molecule has 0 radical (unpaired) electrons. The maximum atomic E-state index is 15.7. The number of nitrogens with two attached hydrogens (primary N) is 1. The highest BCUT2D eigenvalue weighted by molar-refractivity contribution is 5.96. The van der Waals surface area contributed by atoms with Crippen LogP contribution in [-0.4, -0.2) is 29.4 Å². The zero-order chi connectivity index (χ0) is 24.8. The first-order chi connectivity index (χ1) is 16.1. The minimum atomic E-state index is -1.08. The Morgan fingerprint density at radius 1 is 1.18 bits per heavy atom. The maximum absolute atomic E-state index is 15.7. The van der Waals surface area contributed by atoms with Crippen molar-refractivity contribution >= 4 is 40.6 Å². The molecule has 172 valence electrons. The molecule has 0 saturated carbocycles. The summed E-state index contributed by atoms with van der Waals surface area (Å²) in [7, 11) is 0. The molecule has 0 aromatic heterocycles. The molecule has 1 heterocycles. The van der Waals surface area contributed by atoms with Gasteiger partial charge in [0.05, 0.1) is 28.0 Å². The van der Waals surface area contributed by atoms with Crippen LogP contribution in [-0.2, 0) is 0 Å². The van der Waals surface area contributed by atoms with Crippen molar-refractivity contribution in [1.29, 1.82) is 10.7 Å². The number of carboxylic acid groups (broad SMARTS) is 1. The van der Waals surface area contributed by atoms with Crippen LogP contribution in [0.15, 0.2) is 48.5 Å². The number of aromatic carboxylic acids is 1. The van der Waals surface area contributed by atoms with E-state index < -0.39 is 23.1 Å². The van der Waals surface area contributed by atoms with E-state index in [1.54, 1.807) is 28.0 Å². The molecular formula is C25H21F2N5O2. The van der Waals surface area contributed by atoms with Gasteiger partial charge >= 0.3 is 5.97 Å². The van der Waals surface area contributed by atoms with E-state index in [1.807, 2.05) is 19.9 Å². The highest BCUT2D eigenvalue weighted by Gasteiger charge is 2.41. The van der Waals surface area contributed by atoms with Crippen LogP contribution in [0.1, 0.15) is 35.3 Å². The highest BCUT2D eigenvalue weighted by atomic mass is 19.1. The van der Waals surface area contributed by atoms with E-state index in [0.29, 0.717) is 17.1 Å². The summed E-state index contributed by atoms with van der Waals surface area (Å²) < 4.78 is 29.8. The molecule has 4 rings (SSSR count). The van der Waals surface area contributed by atoms with Crippen molar-refractivity contribution < 1.29 is 18.7 Å². The van der Waals surface area contributed by atoms with Gasteiger partial charge in [0.15, 0.2) is 5.82 Å². The number of anilines is 5. The van der Waals surface area contributed by atoms with Gasteiger partial charge < -0.3 is 26.0 Å². The fraction of sp³-hybridized carbons (Fsp3) is 0.160. The molecule has 34 heavy (non-hydrogen) atoms. The monoisotopic (exact) mass is 461 g/mol. The molecule has 4 N–H and O–H groups in total. The summed E-state index contributed by atoms with van der Waals surface area (Å²) in [6.45, 7) is 4.07.